The summed E-state index contributed by atoms with van der Waals surface area (Å²) in [5, 5.41) is 13.3. The van der Waals surface area contributed by atoms with Gasteiger partial charge in [0.25, 0.3) is 11.6 Å². The summed E-state index contributed by atoms with van der Waals surface area (Å²) in [6.07, 6.45) is 1.58. The van der Waals surface area contributed by atoms with Crippen LogP contribution in [0.5, 0.6) is 0 Å². The van der Waals surface area contributed by atoms with Crippen molar-refractivity contribution >= 4 is 23.2 Å². The van der Waals surface area contributed by atoms with Crippen LogP contribution in [0.3, 0.4) is 0 Å². The Kier molecular flexibility index (Phi) is 6.08. The van der Waals surface area contributed by atoms with Crippen LogP contribution in [0.2, 0.25) is 0 Å². The topological polar surface area (TPSA) is 72.2 Å². The molecule has 1 rings (SSSR count). The molecule has 0 spiro atoms. The number of halogens is 2. The number of carbonyl (C=O) groups excluding carboxylic acids is 1. The quantitative estimate of drug-likeness (QED) is 0.475. The standard InChI is InChI=1S/C14H18ClFN2O3/c1-3-14(4-2,8-15)9-17-13(19)10-5-11(16)7-12(6-10)18(20)21/h5-7H,3-4,8-9H2,1-2H3,(H,17,19). The first kappa shape index (κ1) is 17.4. The number of nitro groups is 1. The van der Waals surface area contributed by atoms with E-state index < -0.39 is 22.3 Å². The average molecular weight is 317 g/mol. The Morgan fingerprint density at radius 1 is 1.38 bits per heavy atom. The molecule has 5 nitrogen and oxygen atoms in total. The number of carbonyl (C=O) groups is 1. The summed E-state index contributed by atoms with van der Waals surface area (Å²) >= 11 is 5.95. The predicted octanol–water partition coefficient (Wildman–Crippen LogP) is 3.51. The van der Waals surface area contributed by atoms with E-state index in [2.05, 4.69) is 5.32 Å². The number of rotatable bonds is 7. The number of amides is 1. The molecule has 0 bridgehead atoms. The lowest BCUT2D eigenvalue weighted by molar-refractivity contribution is -0.385. The van der Waals surface area contributed by atoms with Gasteiger partial charge in [0, 0.05) is 29.5 Å². The van der Waals surface area contributed by atoms with E-state index in [-0.39, 0.29) is 11.0 Å². The van der Waals surface area contributed by atoms with E-state index in [0.29, 0.717) is 12.4 Å². The maximum Gasteiger partial charge on any atom is 0.273 e. The number of benzene rings is 1. The zero-order valence-corrected chi connectivity index (χ0v) is 12.7. The van der Waals surface area contributed by atoms with Crippen molar-refractivity contribution in [3.05, 3.63) is 39.7 Å². The third kappa shape index (κ3) is 4.39. The molecule has 0 radical (unpaired) electrons. The third-order valence-corrected chi connectivity index (χ3v) is 4.33. The summed E-state index contributed by atoms with van der Waals surface area (Å²) in [7, 11) is 0. The van der Waals surface area contributed by atoms with Crippen molar-refractivity contribution in [1.82, 2.24) is 5.32 Å². The SMILES string of the molecule is CCC(CC)(CCl)CNC(=O)c1cc(F)cc([N+](=O)[O-])c1. The van der Waals surface area contributed by atoms with Gasteiger partial charge in [-0.2, -0.15) is 0 Å². The molecule has 21 heavy (non-hydrogen) atoms. The lowest BCUT2D eigenvalue weighted by Crippen LogP contribution is -2.38. The van der Waals surface area contributed by atoms with Crippen LogP contribution in [0.1, 0.15) is 37.0 Å². The lowest BCUT2D eigenvalue weighted by Gasteiger charge is -2.29. The fourth-order valence-corrected chi connectivity index (χ4v) is 2.39. The van der Waals surface area contributed by atoms with Crippen LogP contribution >= 0.6 is 11.6 Å². The molecule has 1 aromatic carbocycles. The molecule has 0 aromatic heterocycles. The number of nitrogens with zero attached hydrogens (tertiary/aromatic N) is 1. The Morgan fingerprint density at radius 3 is 2.48 bits per heavy atom. The van der Waals surface area contributed by atoms with Crippen molar-refractivity contribution in [2.45, 2.75) is 26.7 Å². The Labute approximate surface area is 127 Å². The van der Waals surface area contributed by atoms with Gasteiger partial charge < -0.3 is 5.32 Å². The van der Waals surface area contributed by atoms with Gasteiger partial charge in [-0.3, -0.25) is 14.9 Å². The molecule has 7 heteroatoms. The van der Waals surface area contributed by atoms with Gasteiger partial charge in [0.15, 0.2) is 0 Å². The molecule has 1 amide bonds. The van der Waals surface area contributed by atoms with Crippen LogP contribution in [0.4, 0.5) is 10.1 Å². The maximum atomic E-state index is 13.3. The van der Waals surface area contributed by atoms with Crippen molar-refractivity contribution in [3.8, 4) is 0 Å². The molecule has 1 N–H and O–H groups in total. The largest absolute Gasteiger partial charge is 0.351 e. The molecule has 0 aliphatic heterocycles. The van der Waals surface area contributed by atoms with Crippen molar-refractivity contribution < 1.29 is 14.1 Å². The fraction of sp³-hybridized carbons (Fsp3) is 0.500. The van der Waals surface area contributed by atoms with E-state index in [0.717, 1.165) is 31.0 Å². The molecular weight excluding hydrogens is 299 g/mol. The lowest BCUT2D eigenvalue weighted by atomic mass is 9.84. The molecular formula is C14H18ClFN2O3. The maximum absolute atomic E-state index is 13.3. The van der Waals surface area contributed by atoms with E-state index in [1.165, 1.54) is 0 Å². The molecule has 0 saturated carbocycles. The smallest absolute Gasteiger partial charge is 0.273 e. The van der Waals surface area contributed by atoms with Gasteiger partial charge in [0.2, 0.25) is 0 Å². The summed E-state index contributed by atoms with van der Waals surface area (Å²) in [4.78, 5) is 22.0. The normalized spacial score (nSPS) is 11.2. The Bertz CT molecular complexity index is 525. The first-order valence-electron chi connectivity index (χ1n) is 6.66. The number of nitro benzene ring substituents is 1. The van der Waals surface area contributed by atoms with Crippen LogP contribution in [0.15, 0.2) is 18.2 Å². The first-order chi connectivity index (χ1) is 9.87. The van der Waals surface area contributed by atoms with E-state index >= 15 is 0 Å². The highest BCUT2D eigenvalue weighted by Gasteiger charge is 2.26. The molecule has 1 aromatic rings. The Hall–Kier alpha value is -1.69. The molecule has 0 aliphatic carbocycles. The second kappa shape index (κ2) is 7.36. The van der Waals surface area contributed by atoms with E-state index in [1.54, 1.807) is 0 Å². The van der Waals surface area contributed by atoms with Crippen LogP contribution < -0.4 is 5.32 Å². The fourth-order valence-electron chi connectivity index (χ4n) is 1.92. The minimum atomic E-state index is -0.816. The number of non-ortho nitro benzene ring substituents is 1. The molecule has 0 unspecified atom stereocenters. The molecule has 0 saturated heterocycles. The third-order valence-electron chi connectivity index (χ3n) is 3.76. The van der Waals surface area contributed by atoms with Gasteiger partial charge >= 0.3 is 0 Å². The van der Waals surface area contributed by atoms with Crippen LogP contribution in [0, 0.1) is 21.3 Å². The summed E-state index contributed by atoms with van der Waals surface area (Å²) in [5.41, 5.74) is -0.747. The zero-order chi connectivity index (χ0) is 16.0. The second-order valence-corrected chi connectivity index (χ2v) is 5.25. The van der Waals surface area contributed by atoms with Gasteiger partial charge in [-0.15, -0.1) is 11.6 Å². The van der Waals surface area contributed by atoms with Crippen molar-refractivity contribution in [2.24, 2.45) is 5.41 Å². The first-order valence-corrected chi connectivity index (χ1v) is 7.20. The molecule has 0 atom stereocenters. The van der Waals surface area contributed by atoms with E-state index in [1.807, 2.05) is 13.8 Å². The Balaban J connectivity index is 2.87. The number of nitrogens with one attached hydrogen (secondary N) is 1. The van der Waals surface area contributed by atoms with Crippen molar-refractivity contribution in [2.75, 3.05) is 12.4 Å². The van der Waals surface area contributed by atoms with Gasteiger partial charge in [-0.05, 0) is 18.9 Å². The molecule has 0 fully saturated rings. The van der Waals surface area contributed by atoms with E-state index in [9.17, 15) is 19.3 Å². The van der Waals surface area contributed by atoms with Crippen molar-refractivity contribution in [3.63, 3.8) is 0 Å². The number of hydrogen-bond acceptors (Lipinski definition) is 3. The van der Waals surface area contributed by atoms with Gasteiger partial charge in [-0.1, -0.05) is 13.8 Å². The summed E-state index contributed by atoms with van der Waals surface area (Å²) in [6.45, 7) is 4.29. The predicted molar refractivity (Wildman–Crippen MR) is 79.1 cm³/mol. The van der Waals surface area contributed by atoms with Gasteiger partial charge in [0.05, 0.1) is 11.0 Å². The number of alkyl halides is 1. The highest BCUT2D eigenvalue weighted by atomic mass is 35.5. The molecule has 0 aliphatic rings. The minimum absolute atomic E-state index is 0.0719. The average Bonchev–Trinajstić information content (AvgIpc) is 2.48. The highest BCUT2D eigenvalue weighted by Crippen LogP contribution is 2.27. The Morgan fingerprint density at radius 2 is 2.00 bits per heavy atom. The summed E-state index contributed by atoms with van der Waals surface area (Å²) < 4.78 is 13.3. The second-order valence-electron chi connectivity index (χ2n) is 4.98. The van der Waals surface area contributed by atoms with Crippen LogP contribution in [-0.4, -0.2) is 23.3 Å². The minimum Gasteiger partial charge on any atom is -0.351 e. The van der Waals surface area contributed by atoms with E-state index in [4.69, 9.17) is 11.6 Å². The van der Waals surface area contributed by atoms with Crippen LogP contribution in [-0.2, 0) is 0 Å². The number of hydrogen-bond donors (Lipinski definition) is 1. The summed E-state index contributed by atoms with van der Waals surface area (Å²) in [6, 6.07) is 2.80. The van der Waals surface area contributed by atoms with Crippen LogP contribution in [0.25, 0.3) is 0 Å². The highest BCUT2D eigenvalue weighted by molar-refractivity contribution is 6.18. The van der Waals surface area contributed by atoms with Gasteiger partial charge in [0.1, 0.15) is 5.82 Å². The summed E-state index contributed by atoms with van der Waals surface area (Å²) in [5.74, 6) is -0.971. The zero-order valence-electron chi connectivity index (χ0n) is 12.0. The molecule has 116 valence electrons. The van der Waals surface area contributed by atoms with Gasteiger partial charge in [-0.25, -0.2) is 4.39 Å². The molecule has 0 heterocycles. The monoisotopic (exact) mass is 316 g/mol. The van der Waals surface area contributed by atoms with Crippen molar-refractivity contribution in [1.29, 1.82) is 0 Å².